The quantitative estimate of drug-likeness (QED) is 0.742. The lowest BCUT2D eigenvalue weighted by Crippen LogP contribution is -2.46. The van der Waals surface area contributed by atoms with E-state index in [0.29, 0.717) is 37.2 Å². The van der Waals surface area contributed by atoms with Gasteiger partial charge in [0.25, 0.3) is 0 Å². The zero-order valence-corrected chi connectivity index (χ0v) is 17.5. The highest BCUT2D eigenvalue weighted by atomic mass is 32.2. The second-order valence-corrected chi connectivity index (χ2v) is 9.49. The Hall–Kier alpha value is -2.26. The highest BCUT2D eigenvalue weighted by Gasteiger charge is 2.33. The van der Waals surface area contributed by atoms with Crippen molar-refractivity contribution in [3.8, 4) is 0 Å². The lowest BCUT2D eigenvalue weighted by atomic mass is 9.97. The number of nitrogens with zero attached hydrogens (tertiary/aromatic N) is 3. The van der Waals surface area contributed by atoms with Crippen LogP contribution < -0.4 is 5.32 Å². The number of carbonyl (C=O) groups is 1. The van der Waals surface area contributed by atoms with E-state index in [9.17, 15) is 17.6 Å². The van der Waals surface area contributed by atoms with E-state index >= 15 is 0 Å². The summed E-state index contributed by atoms with van der Waals surface area (Å²) in [7, 11) is -1.52. The predicted octanol–water partition coefficient (Wildman–Crippen LogP) is 2.22. The number of aromatic nitrogens is 2. The van der Waals surface area contributed by atoms with Gasteiger partial charge < -0.3 is 9.88 Å². The Morgan fingerprint density at radius 2 is 2.07 bits per heavy atom. The number of piperidine rings is 1. The molecule has 1 N–H and O–H groups in total. The Kier molecular flexibility index (Phi) is 6.69. The first-order valence-electron chi connectivity index (χ1n) is 9.82. The minimum Gasteiger partial charge on any atom is -0.342 e. The molecule has 0 unspecified atom stereocenters. The van der Waals surface area contributed by atoms with Gasteiger partial charge in [-0.3, -0.25) is 4.79 Å². The van der Waals surface area contributed by atoms with Crippen molar-refractivity contribution >= 4 is 15.9 Å². The molecule has 0 bridgehead atoms. The lowest BCUT2D eigenvalue weighted by Gasteiger charge is -2.32. The second-order valence-electron chi connectivity index (χ2n) is 7.40. The highest BCUT2D eigenvalue weighted by Crippen LogP contribution is 2.24. The van der Waals surface area contributed by atoms with Gasteiger partial charge in [0, 0.05) is 32.5 Å². The van der Waals surface area contributed by atoms with Crippen LogP contribution in [-0.4, -0.2) is 47.0 Å². The molecular formula is C20H27FN4O3S. The summed E-state index contributed by atoms with van der Waals surface area (Å²) >= 11 is 0. The number of halogens is 1. The predicted molar refractivity (Wildman–Crippen MR) is 108 cm³/mol. The van der Waals surface area contributed by atoms with Gasteiger partial charge >= 0.3 is 0 Å². The van der Waals surface area contributed by atoms with Crippen molar-refractivity contribution < 1.29 is 17.6 Å². The number of benzene rings is 1. The number of aryl methyl sites for hydroxylation is 1. The molecule has 1 aromatic heterocycles. The second kappa shape index (κ2) is 9.04. The minimum atomic E-state index is -3.34. The van der Waals surface area contributed by atoms with E-state index in [4.69, 9.17) is 0 Å². The molecule has 7 nitrogen and oxygen atoms in total. The van der Waals surface area contributed by atoms with Crippen molar-refractivity contribution in [2.45, 2.75) is 32.2 Å². The van der Waals surface area contributed by atoms with Gasteiger partial charge in [0.2, 0.25) is 15.9 Å². The SMILES string of the molecule is CCCS(=O)(=O)N1CCC[C@@H](C(=O)N[C@H](c2ccc(F)cc2)c2nccn2C)C1. The molecule has 0 radical (unpaired) electrons. The summed E-state index contributed by atoms with van der Waals surface area (Å²) in [6.07, 6.45) is 5.22. The van der Waals surface area contributed by atoms with Gasteiger partial charge in [0.15, 0.2) is 0 Å². The van der Waals surface area contributed by atoms with Crippen molar-refractivity contribution in [2.75, 3.05) is 18.8 Å². The average Bonchev–Trinajstić information content (AvgIpc) is 3.12. The maximum Gasteiger partial charge on any atom is 0.225 e. The largest absolute Gasteiger partial charge is 0.342 e. The summed E-state index contributed by atoms with van der Waals surface area (Å²) in [5.74, 6) is -0.302. The first kappa shape index (κ1) is 21.4. The van der Waals surface area contributed by atoms with Crippen LogP contribution in [0.25, 0.3) is 0 Å². The summed E-state index contributed by atoms with van der Waals surface area (Å²) in [5.41, 5.74) is 0.709. The van der Waals surface area contributed by atoms with E-state index in [1.54, 1.807) is 29.1 Å². The Morgan fingerprint density at radius 3 is 2.69 bits per heavy atom. The number of hydrogen-bond donors (Lipinski definition) is 1. The first-order chi connectivity index (χ1) is 13.8. The van der Waals surface area contributed by atoms with Gasteiger partial charge in [0.1, 0.15) is 17.7 Å². The summed E-state index contributed by atoms with van der Waals surface area (Å²) in [5, 5.41) is 3.00. The summed E-state index contributed by atoms with van der Waals surface area (Å²) in [6, 6.07) is 5.38. The van der Waals surface area contributed by atoms with Crippen LogP contribution in [0.4, 0.5) is 4.39 Å². The van der Waals surface area contributed by atoms with Crippen LogP contribution in [0.5, 0.6) is 0 Å². The van der Waals surface area contributed by atoms with Crippen LogP contribution in [0, 0.1) is 11.7 Å². The van der Waals surface area contributed by atoms with E-state index < -0.39 is 22.0 Å². The van der Waals surface area contributed by atoms with E-state index in [1.807, 2.05) is 14.0 Å². The normalized spacial score (nSPS) is 19.1. The molecule has 2 aromatic rings. The standard InChI is InChI=1S/C20H27FN4O3S/c1-3-13-29(27,28)25-11-4-5-16(14-25)20(26)23-18(19-22-10-12-24(19)2)15-6-8-17(21)9-7-15/h6-10,12,16,18H,3-5,11,13-14H2,1-2H3,(H,23,26)/t16-,18-/m1/s1. The molecule has 0 aliphatic carbocycles. The van der Waals surface area contributed by atoms with Gasteiger partial charge in [-0.1, -0.05) is 19.1 Å². The molecule has 2 heterocycles. The monoisotopic (exact) mass is 422 g/mol. The van der Waals surface area contributed by atoms with E-state index in [1.165, 1.54) is 16.4 Å². The van der Waals surface area contributed by atoms with Gasteiger partial charge in [0.05, 0.1) is 11.7 Å². The maximum atomic E-state index is 13.4. The average molecular weight is 423 g/mol. The summed E-state index contributed by atoms with van der Waals surface area (Å²) in [6.45, 7) is 2.46. The number of sulfonamides is 1. The first-order valence-corrected chi connectivity index (χ1v) is 11.4. The maximum absolute atomic E-state index is 13.4. The zero-order chi connectivity index (χ0) is 21.0. The van der Waals surface area contributed by atoms with Gasteiger partial charge in [-0.25, -0.2) is 22.1 Å². The fourth-order valence-corrected chi connectivity index (χ4v) is 5.25. The molecule has 2 atom stereocenters. The van der Waals surface area contributed by atoms with Crippen LogP contribution >= 0.6 is 0 Å². The molecule has 0 saturated carbocycles. The van der Waals surface area contributed by atoms with Crippen LogP contribution in [0.2, 0.25) is 0 Å². The van der Waals surface area contributed by atoms with Crippen LogP contribution in [-0.2, 0) is 21.9 Å². The smallest absolute Gasteiger partial charge is 0.225 e. The number of imidazole rings is 1. The van der Waals surface area contributed by atoms with Crippen molar-refractivity contribution in [1.29, 1.82) is 0 Å². The van der Waals surface area contributed by atoms with E-state index in [-0.39, 0.29) is 24.0 Å². The van der Waals surface area contributed by atoms with E-state index in [2.05, 4.69) is 10.3 Å². The van der Waals surface area contributed by atoms with E-state index in [0.717, 1.165) is 0 Å². The summed E-state index contributed by atoms with van der Waals surface area (Å²) < 4.78 is 41.4. The molecule has 9 heteroatoms. The van der Waals surface area contributed by atoms with Crippen molar-refractivity contribution in [2.24, 2.45) is 13.0 Å². The number of carbonyl (C=O) groups excluding carboxylic acids is 1. The molecule has 1 saturated heterocycles. The van der Waals surface area contributed by atoms with Crippen molar-refractivity contribution in [3.05, 3.63) is 53.9 Å². The molecule has 1 amide bonds. The fraction of sp³-hybridized carbons (Fsp3) is 0.500. The fourth-order valence-electron chi connectivity index (χ4n) is 3.66. The Labute approximate surface area is 171 Å². The van der Waals surface area contributed by atoms with Gasteiger partial charge in [-0.05, 0) is 37.0 Å². The van der Waals surface area contributed by atoms with Crippen molar-refractivity contribution in [1.82, 2.24) is 19.2 Å². The molecular weight excluding hydrogens is 395 g/mol. The number of hydrogen-bond acceptors (Lipinski definition) is 4. The Balaban J connectivity index is 1.80. The molecule has 1 aliphatic heterocycles. The third kappa shape index (κ3) is 5.02. The lowest BCUT2D eigenvalue weighted by molar-refractivity contribution is -0.126. The van der Waals surface area contributed by atoms with Crippen LogP contribution in [0.3, 0.4) is 0 Å². The minimum absolute atomic E-state index is 0.0901. The molecule has 0 spiro atoms. The Morgan fingerprint density at radius 1 is 1.34 bits per heavy atom. The molecule has 1 aliphatic rings. The number of nitrogens with one attached hydrogen (secondary N) is 1. The summed E-state index contributed by atoms with van der Waals surface area (Å²) in [4.78, 5) is 17.4. The van der Waals surface area contributed by atoms with Crippen LogP contribution in [0.1, 0.15) is 43.6 Å². The Bertz CT molecular complexity index is 943. The highest BCUT2D eigenvalue weighted by molar-refractivity contribution is 7.89. The van der Waals surface area contributed by atoms with Gasteiger partial charge in [-0.15, -0.1) is 0 Å². The van der Waals surface area contributed by atoms with Crippen LogP contribution in [0.15, 0.2) is 36.7 Å². The third-order valence-electron chi connectivity index (χ3n) is 5.22. The molecule has 1 aromatic carbocycles. The van der Waals surface area contributed by atoms with Gasteiger partial charge in [-0.2, -0.15) is 0 Å². The number of amides is 1. The molecule has 3 rings (SSSR count). The molecule has 158 valence electrons. The molecule has 29 heavy (non-hydrogen) atoms. The topological polar surface area (TPSA) is 84.3 Å². The van der Waals surface area contributed by atoms with Crippen molar-refractivity contribution in [3.63, 3.8) is 0 Å². The third-order valence-corrected chi connectivity index (χ3v) is 7.26. The molecule has 1 fully saturated rings. The number of rotatable bonds is 7. The zero-order valence-electron chi connectivity index (χ0n) is 16.7.